The van der Waals surface area contributed by atoms with Crippen LogP contribution in [0.2, 0.25) is 0 Å². The first-order valence-electron chi connectivity index (χ1n) is 24.4. The number of alkyl halides is 24. The summed E-state index contributed by atoms with van der Waals surface area (Å²) >= 11 is 0. The number of hydrogen-bond acceptors (Lipinski definition) is 1. The van der Waals surface area contributed by atoms with Crippen LogP contribution >= 0.6 is 0 Å². The van der Waals surface area contributed by atoms with Gasteiger partial charge in [-0.1, -0.05) is 133 Å². The van der Waals surface area contributed by atoms with Crippen molar-refractivity contribution in [1.82, 2.24) is 0 Å². The molecule has 0 saturated carbocycles. The molecule has 27 heteroatoms. The fourth-order valence-electron chi connectivity index (χ4n) is 10.1. The van der Waals surface area contributed by atoms with E-state index in [2.05, 4.69) is 77.4 Å². The molecule has 9 rings (SSSR count). The van der Waals surface area contributed by atoms with E-state index >= 15 is 0 Å². The summed E-state index contributed by atoms with van der Waals surface area (Å²) in [4.78, 5) is 13.0. The number of halogens is 24. The first-order valence-corrected chi connectivity index (χ1v) is 24.4. The fourth-order valence-corrected chi connectivity index (χ4v) is 10.1. The largest absolute Gasteiger partial charge is 0.416 e. The summed E-state index contributed by atoms with van der Waals surface area (Å²) < 4.78 is 343. The molecule has 8 aromatic carbocycles. The molecule has 1 aromatic heterocycles. The third-order valence-corrected chi connectivity index (χ3v) is 13.8. The van der Waals surface area contributed by atoms with Gasteiger partial charge < -0.3 is 0 Å². The Morgan fingerprint density at radius 2 is 0.593 bits per heavy atom. The minimum absolute atomic E-state index is 0.104. The molecule has 0 amide bonds. The van der Waals surface area contributed by atoms with Gasteiger partial charge in [0, 0.05) is 11.6 Å². The average Bonchev–Trinajstić information content (AvgIpc) is 0.779. The third-order valence-electron chi connectivity index (χ3n) is 13.8. The summed E-state index contributed by atoms with van der Waals surface area (Å²) in [7, 11) is 0. The highest BCUT2D eigenvalue weighted by atomic mass is 19.4. The number of pyridine rings is 1. The van der Waals surface area contributed by atoms with Gasteiger partial charge in [0.2, 0.25) is 18.0 Å². The molecule has 86 heavy (non-hydrogen) atoms. The molecule has 0 saturated heterocycles. The summed E-state index contributed by atoms with van der Waals surface area (Å²) in [5.41, 5.74) is -27.3. The Hall–Kier alpha value is -8.52. The maximum atomic E-state index is 14.2. The summed E-state index contributed by atoms with van der Waals surface area (Å²) in [5, 5.41) is 4.69. The number of hydrogen-bond donors (Lipinski definition) is 0. The lowest BCUT2D eigenvalue weighted by molar-refractivity contribution is -0.671. The Kier molecular flexibility index (Phi) is 16.5. The molecule has 0 fully saturated rings. The second kappa shape index (κ2) is 22.4. The molecular weight excluding hydrogens is 1210 g/mol. The second-order valence-corrected chi connectivity index (χ2v) is 19.4. The van der Waals surface area contributed by atoms with E-state index in [9.17, 15) is 110 Å². The van der Waals surface area contributed by atoms with Gasteiger partial charge in [-0.25, -0.2) is 0 Å². The first-order chi connectivity index (χ1) is 39.6. The van der Waals surface area contributed by atoms with Crippen molar-refractivity contribution in [1.29, 1.82) is 0 Å². The summed E-state index contributed by atoms with van der Waals surface area (Å²) in [5.74, 6) is 0.104. The van der Waals surface area contributed by atoms with E-state index in [4.69, 9.17) is 0 Å². The molecule has 2 nitrogen and oxygen atoms in total. The van der Waals surface area contributed by atoms with E-state index in [1.807, 2.05) is 36.5 Å². The summed E-state index contributed by atoms with van der Waals surface area (Å²) in [6, 6.07) is 25.9. The number of fused-ring (bicyclic) bond motifs is 2. The molecule has 0 N–H and O–H groups in total. The van der Waals surface area contributed by atoms with Crippen LogP contribution in [0, 0.1) is 0 Å². The number of carbonyl (C=O) groups is 1. The predicted octanol–water partition coefficient (Wildman–Crippen LogP) is 17.0. The lowest BCUT2D eigenvalue weighted by Gasteiger charge is -2.46. The molecule has 0 aliphatic heterocycles. The van der Waals surface area contributed by atoms with Crippen LogP contribution in [0.3, 0.4) is 0 Å². The van der Waals surface area contributed by atoms with Crippen molar-refractivity contribution in [2.24, 2.45) is 0 Å². The van der Waals surface area contributed by atoms with Gasteiger partial charge in [-0.2, -0.15) is 132 Å². The van der Waals surface area contributed by atoms with E-state index in [0.29, 0.717) is 6.54 Å². The van der Waals surface area contributed by atoms with Crippen molar-refractivity contribution in [2.75, 3.05) is 0 Å². The van der Waals surface area contributed by atoms with Crippen LogP contribution in [0.25, 0.3) is 32.8 Å². The Balaban J connectivity index is 0.000000274. The topological polar surface area (TPSA) is 20.9 Å². The van der Waals surface area contributed by atoms with Gasteiger partial charge in [0.15, 0.2) is 6.20 Å². The quantitative estimate of drug-likeness (QED) is 0.0643. The average molecular weight is 1240 g/mol. The number of benzene rings is 8. The summed E-state index contributed by atoms with van der Waals surface area (Å²) in [6.07, 6.45) is -52.8. The lowest BCUT2D eigenvalue weighted by atomic mass is 9.12. The van der Waals surface area contributed by atoms with Gasteiger partial charge in [0.25, 0.3) is 0 Å². The van der Waals surface area contributed by atoms with Crippen LogP contribution < -0.4 is 26.4 Å². The molecule has 0 aliphatic carbocycles. The van der Waals surface area contributed by atoms with Crippen LogP contribution in [0.15, 0.2) is 182 Å². The molecular formula is C59H32BF24NO. The zero-order chi connectivity index (χ0) is 63.5. The standard InChI is InChI=1S/C32H12BF24.C27H20NO/c34-25(35,36)13-1-14(26(37,38)39)6-21(5-13)33(22-7-15(27(40,41)42)2-16(8-22)28(43,44)45,23-9-17(29(46,47)48)3-18(10-23)30(49,50)51)24-11-19(31(52,53)54)4-20(12-24)32(55,56)57;29-26(22-11-2-1-3-12-22)19-28-18-17-21-10-5-7-15-24(21)27(28)25-16-8-13-20-9-4-6-14-23(20)25/h1-12H;1-18H,19H2/q-1;+1. The van der Waals surface area contributed by atoms with Crippen LogP contribution in [0.1, 0.15) is 54.9 Å². The van der Waals surface area contributed by atoms with Crippen molar-refractivity contribution < 1.29 is 115 Å². The maximum Gasteiger partial charge on any atom is 0.416 e. The Morgan fingerprint density at radius 3 is 0.919 bits per heavy atom. The molecule has 9 aromatic rings. The molecule has 0 atom stereocenters. The number of nitrogens with zero attached hydrogens (tertiary/aromatic N) is 1. The van der Waals surface area contributed by atoms with Crippen LogP contribution in [0.5, 0.6) is 0 Å². The maximum absolute atomic E-state index is 14.2. The highest BCUT2D eigenvalue weighted by molar-refractivity contribution is 7.20. The van der Waals surface area contributed by atoms with Gasteiger partial charge in [0.1, 0.15) is 6.15 Å². The molecule has 0 bridgehead atoms. The number of ketones is 1. The van der Waals surface area contributed by atoms with E-state index in [0.717, 1.165) is 22.2 Å². The van der Waals surface area contributed by atoms with Crippen molar-refractivity contribution in [3.63, 3.8) is 0 Å². The normalized spacial score (nSPS) is 13.2. The molecule has 0 aliphatic rings. The van der Waals surface area contributed by atoms with Crippen molar-refractivity contribution in [2.45, 2.75) is 56.0 Å². The number of Topliss-reactive ketones (excluding diaryl/α,β-unsaturated/α-hetero) is 1. The van der Waals surface area contributed by atoms with E-state index in [-0.39, 0.29) is 5.78 Å². The zero-order valence-corrected chi connectivity index (χ0v) is 42.5. The molecule has 450 valence electrons. The number of aromatic nitrogens is 1. The lowest BCUT2D eigenvalue weighted by Crippen LogP contribution is -2.75. The van der Waals surface area contributed by atoms with Crippen LogP contribution in [-0.2, 0) is 56.0 Å². The number of rotatable bonds is 8. The minimum Gasteiger partial charge on any atom is -0.287 e. The van der Waals surface area contributed by atoms with Gasteiger partial charge in [0.05, 0.1) is 55.5 Å². The van der Waals surface area contributed by atoms with Crippen molar-refractivity contribution in [3.05, 3.63) is 232 Å². The van der Waals surface area contributed by atoms with Crippen LogP contribution in [-0.4, -0.2) is 11.9 Å². The van der Waals surface area contributed by atoms with Gasteiger partial charge in [-0.15, -0.1) is 0 Å². The minimum atomic E-state index is -6.13. The van der Waals surface area contributed by atoms with Crippen LogP contribution in [0.4, 0.5) is 105 Å². The Morgan fingerprint density at radius 1 is 0.314 bits per heavy atom. The number of carbonyl (C=O) groups excluding carboxylic acids is 1. The van der Waals surface area contributed by atoms with Crippen molar-refractivity contribution in [3.8, 4) is 11.3 Å². The fraction of sp³-hybridized carbons (Fsp3) is 0.153. The zero-order valence-electron chi connectivity index (χ0n) is 42.5. The highest BCUT2D eigenvalue weighted by Gasteiger charge is 2.47. The Bertz CT molecular complexity index is 3560. The molecule has 1 heterocycles. The van der Waals surface area contributed by atoms with Gasteiger partial charge in [-0.05, 0) is 52.6 Å². The monoisotopic (exact) mass is 1240 g/mol. The van der Waals surface area contributed by atoms with Gasteiger partial charge >= 0.3 is 49.4 Å². The predicted molar refractivity (Wildman–Crippen MR) is 268 cm³/mol. The molecule has 0 spiro atoms. The highest BCUT2D eigenvalue weighted by Crippen LogP contribution is 2.42. The van der Waals surface area contributed by atoms with E-state index in [1.54, 1.807) is 0 Å². The van der Waals surface area contributed by atoms with E-state index in [1.165, 1.54) is 16.2 Å². The second-order valence-electron chi connectivity index (χ2n) is 19.4. The Labute approximate surface area is 468 Å². The third kappa shape index (κ3) is 13.4. The van der Waals surface area contributed by atoms with Gasteiger partial charge in [-0.3, -0.25) is 4.79 Å². The smallest absolute Gasteiger partial charge is 0.287 e. The molecule has 0 unspecified atom stereocenters. The van der Waals surface area contributed by atoms with Crippen molar-refractivity contribution >= 4 is 55.3 Å². The SMILES string of the molecule is FC(F)(F)c1cc([B-](c2cc(C(F)(F)F)cc(C(F)(F)F)c2)(c2cc(C(F)(F)F)cc(C(F)(F)F)c2)c2cc(C(F)(F)F)cc(C(F)(F)F)c2)cc(C(F)(F)F)c1.O=C(C[n+]1ccc2ccccc2c1-c1cccc2ccccc12)c1ccccc1. The van der Waals surface area contributed by atoms with E-state index < -0.39 is 195 Å². The molecule has 0 radical (unpaired) electrons. The first kappa shape index (κ1) is 63.5. The summed E-state index contributed by atoms with van der Waals surface area (Å²) in [6.45, 7) is 0.299.